The first-order valence-electron chi connectivity index (χ1n) is 12.5. The summed E-state index contributed by atoms with van der Waals surface area (Å²) >= 11 is 0. The fourth-order valence-electron chi connectivity index (χ4n) is 4.56. The van der Waals surface area contributed by atoms with Gasteiger partial charge in [0.25, 0.3) is 0 Å². The summed E-state index contributed by atoms with van der Waals surface area (Å²) in [5.74, 6) is 0.893. The molecule has 32 heavy (non-hydrogen) atoms. The lowest BCUT2D eigenvalue weighted by Crippen LogP contribution is -2.31. The van der Waals surface area contributed by atoms with Crippen LogP contribution in [0.15, 0.2) is 36.7 Å². The number of hydrogen-bond acceptors (Lipinski definition) is 4. The monoisotopic (exact) mass is 434 g/mol. The second-order valence-electron chi connectivity index (χ2n) is 9.53. The van der Waals surface area contributed by atoms with Gasteiger partial charge in [0.15, 0.2) is 5.82 Å². The van der Waals surface area contributed by atoms with E-state index in [4.69, 9.17) is 0 Å². The van der Waals surface area contributed by atoms with Crippen LogP contribution < -0.4 is 0 Å². The molecule has 4 heteroatoms. The van der Waals surface area contributed by atoms with E-state index in [1.54, 1.807) is 0 Å². The number of unbranched alkanes of at least 4 members (excludes halogenated alkanes) is 6. The number of carbonyl (C=O) groups excluding carboxylic acids is 2. The first kappa shape index (κ1) is 24.3. The Bertz CT molecular complexity index is 858. The van der Waals surface area contributed by atoms with Crippen molar-refractivity contribution in [1.29, 1.82) is 0 Å². The molecule has 1 fully saturated rings. The minimum atomic E-state index is -0.405. The number of benzene rings is 1. The third kappa shape index (κ3) is 7.36. The Balaban J connectivity index is 1.46. The smallest absolute Gasteiger partial charge is 0.159 e. The summed E-state index contributed by atoms with van der Waals surface area (Å²) < 4.78 is 0. The summed E-state index contributed by atoms with van der Waals surface area (Å²) in [6, 6.07) is 7.86. The average Bonchev–Trinajstić information content (AvgIpc) is 2.79. The maximum Gasteiger partial charge on any atom is 0.159 e. The highest BCUT2D eigenvalue weighted by atomic mass is 16.1. The van der Waals surface area contributed by atoms with Gasteiger partial charge in [-0.05, 0) is 42.7 Å². The van der Waals surface area contributed by atoms with Crippen molar-refractivity contribution in [3.05, 3.63) is 47.8 Å². The molecule has 0 amide bonds. The number of aryl methyl sites for hydroxylation is 1. The zero-order chi connectivity index (χ0) is 22.8. The predicted molar refractivity (Wildman–Crippen MR) is 129 cm³/mol. The van der Waals surface area contributed by atoms with Crippen molar-refractivity contribution >= 4 is 11.6 Å². The van der Waals surface area contributed by atoms with Gasteiger partial charge >= 0.3 is 0 Å². The Morgan fingerprint density at radius 3 is 2.22 bits per heavy atom. The molecule has 1 saturated carbocycles. The number of Topliss-reactive ketones (excluding diaryl/α,β-unsaturated/α-hetero) is 2. The number of carbonyl (C=O) groups is 2. The van der Waals surface area contributed by atoms with Crippen molar-refractivity contribution < 1.29 is 9.59 Å². The Kier molecular flexibility index (Phi) is 9.58. The lowest BCUT2D eigenvalue weighted by atomic mass is 9.78. The van der Waals surface area contributed by atoms with Crippen molar-refractivity contribution in [2.75, 3.05) is 0 Å². The largest absolute Gasteiger partial charge is 0.299 e. The minimum Gasteiger partial charge on any atom is -0.299 e. The lowest BCUT2D eigenvalue weighted by molar-refractivity contribution is -0.134. The average molecular weight is 435 g/mol. The quantitative estimate of drug-likeness (QED) is 0.280. The number of rotatable bonds is 12. The first-order valence-corrected chi connectivity index (χ1v) is 12.5. The van der Waals surface area contributed by atoms with Gasteiger partial charge in [-0.3, -0.25) is 9.59 Å². The van der Waals surface area contributed by atoms with E-state index in [0.717, 1.165) is 24.0 Å². The van der Waals surface area contributed by atoms with Crippen LogP contribution in [0.25, 0.3) is 11.4 Å². The van der Waals surface area contributed by atoms with E-state index in [1.807, 2.05) is 36.7 Å². The van der Waals surface area contributed by atoms with E-state index in [0.29, 0.717) is 31.0 Å². The Hall–Kier alpha value is -2.36. The maximum absolute atomic E-state index is 12.6. The number of ketones is 2. The van der Waals surface area contributed by atoms with Gasteiger partial charge in [-0.1, -0.05) is 76.6 Å². The molecule has 2 aromatic rings. The van der Waals surface area contributed by atoms with Crippen molar-refractivity contribution in [3.63, 3.8) is 0 Å². The molecule has 0 aliphatic heterocycles. The highest BCUT2D eigenvalue weighted by Crippen LogP contribution is 2.27. The van der Waals surface area contributed by atoms with Crippen LogP contribution >= 0.6 is 0 Å². The lowest BCUT2D eigenvalue weighted by Gasteiger charge is -2.23. The van der Waals surface area contributed by atoms with Gasteiger partial charge in [0, 0.05) is 30.8 Å². The molecule has 2 unspecified atom stereocenters. The Labute approximate surface area is 193 Å². The fourth-order valence-corrected chi connectivity index (χ4v) is 4.56. The number of aromatic nitrogens is 2. The molecule has 1 heterocycles. The molecular weight excluding hydrogens is 396 g/mol. The molecule has 0 bridgehead atoms. The molecule has 4 nitrogen and oxygen atoms in total. The molecule has 1 aliphatic rings. The van der Waals surface area contributed by atoms with Crippen molar-refractivity contribution in [1.82, 2.24) is 9.97 Å². The van der Waals surface area contributed by atoms with Crippen LogP contribution in [-0.2, 0) is 22.4 Å². The highest BCUT2D eigenvalue weighted by molar-refractivity contribution is 6.03. The topological polar surface area (TPSA) is 59.9 Å². The molecule has 2 atom stereocenters. The van der Waals surface area contributed by atoms with Gasteiger partial charge in [0.05, 0.1) is 5.92 Å². The highest BCUT2D eigenvalue weighted by Gasteiger charge is 2.31. The van der Waals surface area contributed by atoms with Crippen LogP contribution in [0.1, 0.15) is 89.2 Å². The van der Waals surface area contributed by atoms with Gasteiger partial charge in [0.1, 0.15) is 11.6 Å². The molecular formula is C28H38N2O2. The van der Waals surface area contributed by atoms with Gasteiger partial charge in [0.2, 0.25) is 0 Å². The minimum absolute atomic E-state index is 0.0561. The third-order valence-corrected chi connectivity index (χ3v) is 6.64. The second-order valence-corrected chi connectivity index (χ2v) is 9.53. The second kappa shape index (κ2) is 12.6. The van der Waals surface area contributed by atoms with E-state index < -0.39 is 5.92 Å². The van der Waals surface area contributed by atoms with E-state index in [2.05, 4.69) is 23.8 Å². The maximum atomic E-state index is 12.6. The third-order valence-electron chi connectivity index (χ3n) is 6.64. The summed E-state index contributed by atoms with van der Waals surface area (Å²) in [4.78, 5) is 33.9. The summed E-state index contributed by atoms with van der Waals surface area (Å²) in [6.45, 7) is 4.34. The van der Waals surface area contributed by atoms with Gasteiger partial charge in [-0.2, -0.15) is 0 Å². The normalized spacial score (nSPS) is 18.6. The zero-order valence-corrected chi connectivity index (χ0v) is 19.8. The zero-order valence-electron chi connectivity index (χ0n) is 19.8. The van der Waals surface area contributed by atoms with Crippen LogP contribution in [0.3, 0.4) is 0 Å². The van der Waals surface area contributed by atoms with Crippen molar-refractivity contribution in [3.8, 4) is 11.4 Å². The number of hydrogen-bond donors (Lipinski definition) is 0. The Morgan fingerprint density at radius 1 is 0.906 bits per heavy atom. The first-order chi connectivity index (χ1) is 15.6. The molecule has 1 aliphatic carbocycles. The number of nitrogens with zero attached hydrogens (tertiary/aromatic N) is 2. The van der Waals surface area contributed by atoms with Crippen LogP contribution in [0, 0.1) is 11.8 Å². The van der Waals surface area contributed by atoms with Crippen molar-refractivity contribution in [2.45, 2.75) is 90.9 Å². The summed E-state index contributed by atoms with van der Waals surface area (Å²) in [5, 5.41) is 0. The molecule has 0 saturated heterocycles. The van der Waals surface area contributed by atoms with Crippen LogP contribution in [-0.4, -0.2) is 21.5 Å². The Morgan fingerprint density at radius 2 is 1.56 bits per heavy atom. The van der Waals surface area contributed by atoms with Gasteiger partial charge in [-0.25, -0.2) is 9.97 Å². The van der Waals surface area contributed by atoms with Crippen LogP contribution in [0.2, 0.25) is 0 Å². The standard InChI is InChI=1S/C28H38N2O2/c1-3-4-5-6-7-8-9-10-23-19-29-28(30-20-23)24-14-12-22(13-15-24)18-27(32)25-16-11-21(2)17-26(25)31/h12-15,19-21,25H,3-11,16-18H2,1-2H3. The SMILES string of the molecule is CCCCCCCCCc1cnc(-c2ccc(CC(=O)C3CCC(C)CC3=O)cc2)nc1. The van der Waals surface area contributed by atoms with E-state index in [-0.39, 0.29) is 11.6 Å². The van der Waals surface area contributed by atoms with E-state index in [9.17, 15) is 9.59 Å². The molecule has 0 N–H and O–H groups in total. The summed E-state index contributed by atoms with van der Waals surface area (Å²) in [7, 11) is 0. The van der Waals surface area contributed by atoms with Crippen molar-refractivity contribution in [2.24, 2.45) is 11.8 Å². The predicted octanol–water partition coefficient (Wildman–Crippen LogP) is 6.55. The summed E-state index contributed by atoms with van der Waals surface area (Å²) in [5.41, 5.74) is 3.09. The molecule has 172 valence electrons. The summed E-state index contributed by atoms with van der Waals surface area (Å²) in [6.07, 6.45) is 16.6. The van der Waals surface area contributed by atoms with Crippen LogP contribution in [0.5, 0.6) is 0 Å². The molecule has 0 radical (unpaired) electrons. The van der Waals surface area contributed by atoms with E-state index >= 15 is 0 Å². The molecule has 3 rings (SSSR count). The van der Waals surface area contributed by atoms with E-state index in [1.165, 1.54) is 50.5 Å². The van der Waals surface area contributed by atoms with Crippen LogP contribution in [0.4, 0.5) is 0 Å². The molecule has 0 spiro atoms. The van der Waals surface area contributed by atoms with Gasteiger partial charge < -0.3 is 0 Å². The van der Waals surface area contributed by atoms with Gasteiger partial charge in [-0.15, -0.1) is 0 Å². The molecule has 1 aromatic heterocycles. The fraction of sp³-hybridized carbons (Fsp3) is 0.571. The molecule has 1 aromatic carbocycles.